The van der Waals surface area contributed by atoms with Crippen molar-refractivity contribution in [3.63, 3.8) is 0 Å². The molecule has 0 unspecified atom stereocenters. The van der Waals surface area contributed by atoms with Gasteiger partial charge in [-0.3, -0.25) is 19.2 Å². The lowest BCUT2D eigenvalue weighted by Crippen LogP contribution is -2.59. The maximum atomic E-state index is 14.6. The standard InChI is InChI=1S/C41H46N6O8S3/c1-5-28-19-41(28,39(51)45-58(53,54)31-12-10-25(4)11-13-31)44-36(48)33-18-29(21-46(33)38(50)35(24(2)3)43-40(52)55-30-8-6-7-9-30)47-37(49)34(27-15-17-57-23-27)32(20-42-47)26-14-16-56-22-26/h5,10-17,20,22-24,28-30,33,35H,1,6-9,18-19,21H2,2-4H3,(H,43,52)(H,44,48)(H,45,51)/t28-,29-,33+,35+,41-/m1/s1. The van der Waals surface area contributed by atoms with Crippen LogP contribution < -0.4 is 20.9 Å². The number of nitrogens with zero attached hydrogens (tertiary/aromatic N) is 3. The van der Waals surface area contributed by atoms with Gasteiger partial charge >= 0.3 is 6.09 Å². The summed E-state index contributed by atoms with van der Waals surface area (Å²) in [6.07, 6.45) is 5.44. The Kier molecular flexibility index (Phi) is 11.8. The van der Waals surface area contributed by atoms with E-state index in [-0.39, 0.29) is 30.4 Å². The first-order valence-electron chi connectivity index (χ1n) is 19.3. The molecule has 0 bridgehead atoms. The number of carbonyl (C=O) groups is 4. The van der Waals surface area contributed by atoms with E-state index >= 15 is 0 Å². The highest BCUT2D eigenvalue weighted by atomic mass is 32.2. The molecule has 3 N–H and O–H groups in total. The van der Waals surface area contributed by atoms with Crippen LogP contribution in [0.1, 0.15) is 64.0 Å². The molecule has 7 rings (SSSR count). The van der Waals surface area contributed by atoms with Crippen LogP contribution in [0.4, 0.5) is 4.79 Å². The Hall–Kier alpha value is -5.13. The van der Waals surface area contributed by atoms with Crippen LogP contribution in [0.25, 0.3) is 22.3 Å². The van der Waals surface area contributed by atoms with E-state index in [9.17, 15) is 32.4 Å². The number of sulfonamides is 1. The summed E-state index contributed by atoms with van der Waals surface area (Å²) >= 11 is 2.93. The van der Waals surface area contributed by atoms with E-state index in [1.165, 1.54) is 50.5 Å². The van der Waals surface area contributed by atoms with Gasteiger partial charge in [0.25, 0.3) is 21.5 Å². The van der Waals surface area contributed by atoms with E-state index in [1.54, 1.807) is 39.1 Å². The van der Waals surface area contributed by atoms with Crippen LogP contribution in [0, 0.1) is 18.8 Å². The predicted octanol–water partition coefficient (Wildman–Crippen LogP) is 5.41. The summed E-state index contributed by atoms with van der Waals surface area (Å²) in [6, 6.07) is 6.59. The van der Waals surface area contributed by atoms with Gasteiger partial charge in [-0.15, -0.1) is 6.58 Å². The van der Waals surface area contributed by atoms with Crippen molar-refractivity contribution in [3.8, 4) is 22.3 Å². The van der Waals surface area contributed by atoms with Gasteiger partial charge in [0.15, 0.2) is 0 Å². The van der Waals surface area contributed by atoms with Crippen LogP contribution in [0.5, 0.6) is 0 Å². The number of ether oxygens (including phenoxy) is 1. The lowest BCUT2D eigenvalue weighted by molar-refractivity contribution is -0.141. The third-order valence-corrected chi connectivity index (χ3v) is 14.0. The van der Waals surface area contributed by atoms with E-state index in [0.717, 1.165) is 36.8 Å². The molecule has 306 valence electrons. The summed E-state index contributed by atoms with van der Waals surface area (Å²) in [5.41, 5.74) is 1.34. The zero-order valence-electron chi connectivity index (χ0n) is 32.4. The average molecular weight is 847 g/mol. The highest BCUT2D eigenvalue weighted by Crippen LogP contribution is 2.45. The molecule has 3 aromatic heterocycles. The molecule has 3 aliphatic rings. The van der Waals surface area contributed by atoms with E-state index in [2.05, 4.69) is 27.0 Å². The topological polar surface area (TPSA) is 186 Å². The number of hydrogen-bond donors (Lipinski definition) is 3. The first kappa shape index (κ1) is 41.0. The number of likely N-dealkylation sites (tertiary alicyclic amines) is 1. The second kappa shape index (κ2) is 16.6. The van der Waals surface area contributed by atoms with Crippen molar-refractivity contribution in [2.75, 3.05) is 6.54 Å². The fourth-order valence-electron chi connectivity index (χ4n) is 7.87. The maximum absolute atomic E-state index is 14.6. The van der Waals surface area contributed by atoms with Crippen molar-refractivity contribution in [2.24, 2.45) is 11.8 Å². The van der Waals surface area contributed by atoms with Crippen molar-refractivity contribution >= 4 is 56.5 Å². The minimum absolute atomic E-state index is 0.0686. The van der Waals surface area contributed by atoms with Crippen LogP contribution in [0.15, 0.2) is 86.5 Å². The first-order valence-corrected chi connectivity index (χ1v) is 22.6. The summed E-state index contributed by atoms with van der Waals surface area (Å²) in [4.78, 5) is 71.7. The third-order valence-electron chi connectivity index (χ3n) is 11.2. The Balaban J connectivity index is 1.21. The van der Waals surface area contributed by atoms with E-state index < -0.39 is 74.9 Å². The van der Waals surface area contributed by atoms with Gasteiger partial charge in [-0.2, -0.15) is 27.8 Å². The smallest absolute Gasteiger partial charge is 0.408 e. The fraction of sp³-hybridized carbons (Fsp3) is 0.415. The number of hydrogen-bond acceptors (Lipinski definition) is 11. The summed E-state index contributed by atoms with van der Waals surface area (Å²) < 4.78 is 35.6. The van der Waals surface area contributed by atoms with Crippen molar-refractivity contribution in [1.29, 1.82) is 0 Å². The molecular formula is C41H46N6O8S3. The number of aryl methyl sites for hydroxylation is 1. The second-order valence-corrected chi connectivity index (χ2v) is 18.8. The summed E-state index contributed by atoms with van der Waals surface area (Å²) in [5.74, 6) is -3.31. The number of alkyl carbamates (subject to hydrolysis) is 1. The maximum Gasteiger partial charge on any atom is 0.408 e. The van der Waals surface area contributed by atoms with Gasteiger partial charge in [-0.1, -0.05) is 37.6 Å². The van der Waals surface area contributed by atoms with Crippen LogP contribution >= 0.6 is 22.7 Å². The molecule has 4 heterocycles. The van der Waals surface area contributed by atoms with Gasteiger partial charge in [0.2, 0.25) is 11.8 Å². The molecule has 2 saturated carbocycles. The summed E-state index contributed by atoms with van der Waals surface area (Å²) in [6.45, 7) is 8.99. The SMILES string of the molecule is C=C[C@@H]1C[C@]1(NC(=O)[C@@H]1C[C@@H](n2ncc(-c3ccsc3)c(-c3ccsc3)c2=O)CN1C(=O)[C@@H](NC(=O)OC1CCCC1)C(C)C)C(=O)NS(=O)(=O)c1ccc(C)cc1. The van der Waals surface area contributed by atoms with E-state index in [0.29, 0.717) is 16.7 Å². The van der Waals surface area contributed by atoms with Crippen molar-refractivity contribution in [1.82, 2.24) is 30.0 Å². The summed E-state index contributed by atoms with van der Waals surface area (Å²) in [5, 5.41) is 17.7. The van der Waals surface area contributed by atoms with Gasteiger partial charge < -0.3 is 20.3 Å². The molecule has 58 heavy (non-hydrogen) atoms. The predicted molar refractivity (Wildman–Crippen MR) is 220 cm³/mol. The highest BCUT2D eigenvalue weighted by molar-refractivity contribution is 7.90. The van der Waals surface area contributed by atoms with Gasteiger partial charge in [0.05, 0.1) is 22.7 Å². The highest BCUT2D eigenvalue weighted by Gasteiger charge is 2.61. The molecule has 14 nitrogen and oxygen atoms in total. The molecule has 17 heteroatoms. The molecule has 1 aromatic carbocycles. The number of aromatic nitrogens is 2. The number of rotatable bonds is 13. The monoisotopic (exact) mass is 846 g/mol. The lowest BCUT2D eigenvalue weighted by Gasteiger charge is -2.31. The first-order chi connectivity index (χ1) is 27.7. The molecular weight excluding hydrogens is 801 g/mol. The Bertz CT molecular complexity index is 2360. The van der Waals surface area contributed by atoms with E-state index in [1.807, 2.05) is 33.7 Å². The second-order valence-electron chi connectivity index (χ2n) is 15.5. The molecule has 3 fully saturated rings. The molecule has 4 aromatic rings. The molecule has 4 amide bonds. The third kappa shape index (κ3) is 8.25. The number of nitrogens with one attached hydrogen (secondary N) is 3. The minimum Gasteiger partial charge on any atom is -0.446 e. The normalized spacial score (nSPS) is 22.3. The van der Waals surface area contributed by atoms with Crippen molar-refractivity contribution in [2.45, 2.75) is 94.0 Å². The fourth-order valence-corrected chi connectivity index (χ4v) is 10.2. The van der Waals surface area contributed by atoms with Crippen LogP contribution in [0.3, 0.4) is 0 Å². The summed E-state index contributed by atoms with van der Waals surface area (Å²) in [7, 11) is -4.31. The van der Waals surface area contributed by atoms with Crippen molar-refractivity contribution in [3.05, 3.63) is 92.7 Å². The van der Waals surface area contributed by atoms with Crippen molar-refractivity contribution < 1.29 is 32.3 Å². The molecule has 5 atom stereocenters. The number of carbonyl (C=O) groups excluding carboxylic acids is 4. The van der Waals surface area contributed by atoms with E-state index in [4.69, 9.17) is 4.74 Å². The molecule has 1 saturated heterocycles. The quantitative estimate of drug-likeness (QED) is 0.148. The van der Waals surface area contributed by atoms with Crippen LogP contribution in [-0.2, 0) is 29.1 Å². The average Bonchev–Trinajstić information content (AvgIpc) is 3.87. The zero-order valence-corrected chi connectivity index (χ0v) is 34.8. The Morgan fingerprint density at radius 2 is 1.69 bits per heavy atom. The number of amides is 4. The van der Waals surface area contributed by atoms with Gasteiger partial charge in [-0.05, 0) is 102 Å². The van der Waals surface area contributed by atoms with Crippen LogP contribution in [-0.4, -0.2) is 77.2 Å². The largest absolute Gasteiger partial charge is 0.446 e. The molecule has 0 radical (unpaired) electrons. The van der Waals surface area contributed by atoms with Gasteiger partial charge in [-0.25, -0.2) is 22.6 Å². The van der Waals surface area contributed by atoms with Gasteiger partial charge in [0, 0.05) is 24.4 Å². The Morgan fingerprint density at radius 3 is 2.29 bits per heavy atom. The Morgan fingerprint density at radius 1 is 1.02 bits per heavy atom. The van der Waals surface area contributed by atoms with Crippen LogP contribution in [0.2, 0.25) is 0 Å². The minimum atomic E-state index is -4.31. The molecule has 1 aliphatic heterocycles. The Labute approximate surface area is 344 Å². The molecule has 2 aliphatic carbocycles. The number of thiophene rings is 2. The molecule has 0 spiro atoms. The zero-order chi connectivity index (χ0) is 41.4. The number of benzene rings is 1. The van der Waals surface area contributed by atoms with Gasteiger partial charge in [0.1, 0.15) is 23.7 Å². The lowest BCUT2D eigenvalue weighted by atomic mass is 10.0.